The summed E-state index contributed by atoms with van der Waals surface area (Å²) in [5.41, 5.74) is 0.184. The van der Waals surface area contributed by atoms with Gasteiger partial charge in [0.25, 0.3) is 5.56 Å². The molecule has 0 aliphatic rings. The Labute approximate surface area is 122 Å². The summed E-state index contributed by atoms with van der Waals surface area (Å²) in [5, 5.41) is 13.7. The van der Waals surface area contributed by atoms with Crippen molar-refractivity contribution in [3.05, 3.63) is 26.6 Å². The predicted octanol–water partition coefficient (Wildman–Crippen LogP) is 1.85. The van der Waals surface area contributed by atoms with E-state index in [4.69, 9.17) is 0 Å². The Hall–Kier alpha value is -1.24. The molecule has 0 fully saturated rings. The van der Waals surface area contributed by atoms with Crippen molar-refractivity contribution in [3.8, 4) is 0 Å². The van der Waals surface area contributed by atoms with Gasteiger partial charge >= 0.3 is 0 Å². The first kappa shape index (κ1) is 15.2. The van der Waals surface area contributed by atoms with E-state index >= 15 is 0 Å². The molecule has 0 aromatic carbocycles. The second-order valence-electron chi connectivity index (χ2n) is 5.43. The van der Waals surface area contributed by atoms with Crippen molar-refractivity contribution in [1.82, 2.24) is 15.3 Å². The molecule has 110 valence electrons. The lowest BCUT2D eigenvalue weighted by Gasteiger charge is -2.21. The molecule has 0 bridgehead atoms. The molecule has 2 heterocycles. The zero-order chi connectivity index (χ0) is 14.9. The van der Waals surface area contributed by atoms with E-state index in [1.165, 1.54) is 0 Å². The van der Waals surface area contributed by atoms with Crippen molar-refractivity contribution in [2.24, 2.45) is 0 Å². The third kappa shape index (κ3) is 3.08. The van der Waals surface area contributed by atoms with Crippen molar-refractivity contribution in [1.29, 1.82) is 0 Å². The van der Waals surface area contributed by atoms with Gasteiger partial charge < -0.3 is 15.4 Å². The Morgan fingerprint density at radius 3 is 2.80 bits per heavy atom. The van der Waals surface area contributed by atoms with Crippen molar-refractivity contribution < 1.29 is 5.11 Å². The molecule has 0 saturated heterocycles. The standard InChI is InChI=1S/C14H21N3O2S/c1-5-14(4,19)7-15-6-10-16-12(18)11-8(2)9(3)20-13(11)17-10/h15,19H,5-7H2,1-4H3,(H,16,17,18). The number of H-pyrrole nitrogens is 1. The van der Waals surface area contributed by atoms with E-state index in [1.807, 2.05) is 20.8 Å². The topological polar surface area (TPSA) is 78.0 Å². The van der Waals surface area contributed by atoms with Crippen molar-refractivity contribution in [2.75, 3.05) is 6.54 Å². The molecule has 2 rings (SSSR count). The quantitative estimate of drug-likeness (QED) is 0.786. The molecule has 3 N–H and O–H groups in total. The molecule has 2 aromatic rings. The maximum atomic E-state index is 12.1. The van der Waals surface area contributed by atoms with Gasteiger partial charge in [0.05, 0.1) is 17.5 Å². The largest absolute Gasteiger partial charge is 0.389 e. The van der Waals surface area contributed by atoms with Crippen LogP contribution in [0.3, 0.4) is 0 Å². The fourth-order valence-corrected chi connectivity index (χ4v) is 3.01. The SMILES string of the molecule is CCC(C)(O)CNCc1nc2sc(C)c(C)c2c(=O)[nH]1. The molecule has 0 spiro atoms. The number of aromatic nitrogens is 2. The highest BCUT2D eigenvalue weighted by Gasteiger charge is 2.17. The second-order valence-corrected chi connectivity index (χ2v) is 6.63. The van der Waals surface area contributed by atoms with E-state index in [1.54, 1.807) is 18.3 Å². The van der Waals surface area contributed by atoms with Gasteiger partial charge in [-0.15, -0.1) is 11.3 Å². The Kier molecular flexibility index (Phi) is 4.27. The van der Waals surface area contributed by atoms with Crippen LogP contribution in [0.4, 0.5) is 0 Å². The lowest BCUT2D eigenvalue weighted by Crippen LogP contribution is -2.37. The van der Waals surface area contributed by atoms with Gasteiger partial charge in [0.15, 0.2) is 0 Å². The van der Waals surface area contributed by atoms with Crippen LogP contribution in [0.5, 0.6) is 0 Å². The Bertz CT molecular complexity index is 673. The van der Waals surface area contributed by atoms with Crippen molar-refractivity contribution in [3.63, 3.8) is 0 Å². The van der Waals surface area contributed by atoms with E-state index in [9.17, 15) is 9.90 Å². The van der Waals surface area contributed by atoms with Gasteiger partial charge in [0.2, 0.25) is 0 Å². The summed E-state index contributed by atoms with van der Waals surface area (Å²) in [6.45, 7) is 8.57. The molecule has 0 aliphatic heterocycles. The highest BCUT2D eigenvalue weighted by molar-refractivity contribution is 7.18. The maximum absolute atomic E-state index is 12.1. The third-order valence-corrected chi connectivity index (χ3v) is 4.75. The van der Waals surface area contributed by atoms with Crippen molar-refractivity contribution in [2.45, 2.75) is 46.3 Å². The van der Waals surface area contributed by atoms with E-state index in [-0.39, 0.29) is 5.56 Å². The Balaban J connectivity index is 2.18. The summed E-state index contributed by atoms with van der Waals surface area (Å²) in [5.74, 6) is 0.607. The number of fused-ring (bicyclic) bond motifs is 1. The van der Waals surface area contributed by atoms with Crippen LogP contribution in [-0.4, -0.2) is 27.2 Å². The smallest absolute Gasteiger partial charge is 0.259 e. The first-order chi connectivity index (χ1) is 9.34. The minimum atomic E-state index is -0.736. The fraction of sp³-hybridized carbons (Fsp3) is 0.571. The summed E-state index contributed by atoms with van der Waals surface area (Å²) in [6.07, 6.45) is 0.673. The molecule has 1 atom stereocenters. The zero-order valence-corrected chi connectivity index (χ0v) is 13.1. The molecule has 0 radical (unpaired) electrons. The summed E-state index contributed by atoms with van der Waals surface area (Å²) >= 11 is 1.54. The van der Waals surface area contributed by atoms with Crippen LogP contribution in [0.15, 0.2) is 4.79 Å². The average Bonchev–Trinajstić information content (AvgIpc) is 2.65. The van der Waals surface area contributed by atoms with Crippen LogP contribution >= 0.6 is 11.3 Å². The Morgan fingerprint density at radius 1 is 1.45 bits per heavy atom. The number of aryl methyl sites for hydroxylation is 2. The molecular formula is C14H21N3O2S. The number of aliphatic hydroxyl groups is 1. The Morgan fingerprint density at radius 2 is 2.15 bits per heavy atom. The number of rotatable bonds is 5. The highest BCUT2D eigenvalue weighted by Crippen LogP contribution is 2.25. The van der Waals surface area contributed by atoms with Gasteiger partial charge in [-0.1, -0.05) is 6.92 Å². The highest BCUT2D eigenvalue weighted by atomic mass is 32.1. The van der Waals surface area contributed by atoms with Crippen LogP contribution < -0.4 is 10.9 Å². The van der Waals surface area contributed by atoms with Crippen LogP contribution in [0.2, 0.25) is 0 Å². The number of aromatic amines is 1. The van der Waals surface area contributed by atoms with Gasteiger partial charge in [0.1, 0.15) is 10.7 Å². The zero-order valence-electron chi connectivity index (χ0n) is 12.3. The minimum absolute atomic E-state index is 0.0871. The maximum Gasteiger partial charge on any atom is 0.259 e. The summed E-state index contributed by atoms with van der Waals surface area (Å²) in [7, 11) is 0. The number of nitrogens with zero attached hydrogens (tertiary/aromatic N) is 1. The number of nitrogens with one attached hydrogen (secondary N) is 2. The molecule has 5 nitrogen and oxygen atoms in total. The lowest BCUT2D eigenvalue weighted by molar-refractivity contribution is 0.0554. The lowest BCUT2D eigenvalue weighted by atomic mass is 10.0. The number of hydrogen-bond acceptors (Lipinski definition) is 5. The summed E-state index contributed by atoms with van der Waals surface area (Å²) in [6, 6.07) is 0. The second kappa shape index (κ2) is 5.63. The monoisotopic (exact) mass is 295 g/mol. The molecule has 0 aliphatic carbocycles. The molecule has 6 heteroatoms. The molecule has 0 saturated carbocycles. The molecule has 1 unspecified atom stereocenters. The average molecular weight is 295 g/mol. The van der Waals surface area contributed by atoms with E-state index in [0.29, 0.717) is 30.7 Å². The molecular weight excluding hydrogens is 274 g/mol. The molecule has 2 aromatic heterocycles. The minimum Gasteiger partial charge on any atom is -0.389 e. The van der Waals surface area contributed by atoms with Gasteiger partial charge in [-0.2, -0.15) is 0 Å². The van der Waals surface area contributed by atoms with Gasteiger partial charge in [-0.05, 0) is 32.8 Å². The predicted molar refractivity (Wildman–Crippen MR) is 82.3 cm³/mol. The van der Waals surface area contributed by atoms with Crippen LogP contribution in [-0.2, 0) is 6.54 Å². The van der Waals surface area contributed by atoms with E-state index < -0.39 is 5.60 Å². The third-order valence-electron chi connectivity index (χ3n) is 3.65. The van der Waals surface area contributed by atoms with Crippen LogP contribution in [0.1, 0.15) is 36.5 Å². The van der Waals surface area contributed by atoms with E-state index in [0.717, 1.165) is 15.3 Å². The number of hydrogen-bond donors (Lipinski definition) is 3. The molecule has 0 amide bonds. The van der Waals surface area contributed by atoms with E-state index in [2.05, 4.69) is 15.3 Å². The van der Waals surface area contributed by atoms with Crippen LogP contribution in [0, 0.1) is 13.8 Å². The normalized spacial score (nSPS) is 14.7. The first-order valence-electron chi connectivity index (χ1n) is 6.76. The fourth-order valence-electron chi connectivity index (χ4n) is 1.96. The van der Waals surface area contributed by atoms with Gasteiger partial charge in [0, 0.05) is 11.4 Å². The summed E-state index contributed by atoms with van der Waals surface area (Å²) < 4.78 is 0. The first-order valence-corrected chi connectivity index (χ1v) is 7.57. The molecule has 20 heavy (non-hydrogen) atoms. The van der Waals surface area contributed by atoms with Gasteiger partial charge in [-0.25, -0.2) is 4.98 Å². The van der Waals surface area contributed by atoms with Crippen LogP contribution in [0.25, 0.3) is 10.2 Å². The summed E-state index contributed by atoms with van der Waals surface area (Å²) in [4.78, 5) is 21.3. The number of thiophene rings is 1. The van der Waals surface area contributed by atoms with Gasteiger partial charge in [-0.3, -0.25) is 4.79 Å². The van der Waals surface area contributed by atoms with Crippen molar-refractivity contribution >= 4 is 21.6 Å².